The predicted molar refractivity (Wildman–Crippen MR) is 122 cm³/mol. The Labute approximate surface area is 186 Å². The molecule has 3 aromatic carbocycles. The Balaban J connectivity index is 1.38. The van der Waals surface area contributed by atoms with Crippen LogP contribution >= 0.6 is 0 Å². The molecule has 164 valence electrons. The number of ether oxygens (including phenoxy) is 3. The fourth-order valence-electron chi connectivity index (χ4n) is 3.28. The van der Waals surface area contributed by atoms with Crippen LogP contribution in [0, 0.1) is 6.92 Å². The first-order valence-electron chi connectivity index (χ1n) is 10.3. The Kier molecular flexibility index (Phi) is 6.55. The van der Waals surface area contributed by atoms with Gasteiger partial charge in [0, 0.05) is 5.69 Å². The molecule has 1 heterocycles. The van der Waals surface area contributed by atoms with Crippen LogP contribution in [0.4, 0.5) is 11.4 Å². The number of aryl methyl sites for hydroxylation is 1. The minimum Gasteiger partial charge on any atom is -0.492 e. The van der Waals surface area contributed by atoms with Crippen molar-refractivity contribution < 1.29 is 23.8 Å². The van der Waals surface area contributed by atoms with E-state index >= 15 is 0 Å². The molecule has 0 aliphatic carbocycles. The summed E-state index contributed by atoms with van der Waals surface area (Å²) in [7, 11) is 0. The lowest BCUT2D eigenvalue weighted by atomic mass is 10.2. The molecule has 0 bridgehead atoms. The fraction of sp³-hybridized carbons (Fsp3) is 0.200. The minimum absolute atomic E-state index is 0.0336. The van der Waals surface area contributed by atoms with Gasteiger partial charge in [0.2, 0.25) is 0 Å². The van der Waals surface area contributed by atoms with Crippen molar-refractivity contribution in [2.75, 3.05) is 36.6 Å². The van der Waals surface area contributed by atoms with E-state index in [1.54, 1.807) is 35.2 Å². The largest absolute Gasteiger partial charge is 0.492 e. The summed E-state index contributed by atoms with van der Waals surface area (Å²) in [5, 5.41) is 2.80. The number of hydrogen-bond donors (Lipinski definition) is 1. The fourth-order valence-corrected chi connectivity index (χ4v) is 3.28. The van der Waals surface area contributed by atoms with Gasteiger partial charge in [-0.05, 0) is 49.4 Å². The first kappa shape index (κ1) is 21.2. The van der Waals surface area contributed by atoms with Gasteiger partial charge in [-0.3, -0.25) is 9.59 Å². The van der Waals surface area contributed by atoms with Gasteiger partial charge < -0.3 is 24.4 Å². The Morgan fingerprint density at radius 1 is 1.00 bits per heavy atom. The van der Waals surface area contributed by atoms with Gasteiger partial charge in [0.1, 0.15) is 23.9 Å². The molecular weight excluding hydrogens is 408 g/mol. The molecule has 0 aromatic heterocycles. The number of nitrogens with zero attached hydrogens (tertiary/aromatic N) is 1. The van der Waals surface area contributed by atoms with Crippen molar-refractivity contribution in [3.63, 3.8) is 0 Å². The van der Waals surface area contributed by atoms with Gasteiger partial charge in [0.05, 0.1) is 12.2 Å². The zero-order chi connectivity index (χ0) is 22.3. The molecule has 4 rings (SSSR count). The number of rotatable bonds is 8. The molecule has 1 aliphatic heterocycles. The van der Waals surface area contributed by atoms with Crippen molar-refractivity contribution in [3.05, 3.63) is 78.4 Å². The number of carbonyl (C=O) groups is 2. The highest BCUT2D eigenvalue weighted by molar-refractivity contribution is 5.99. The molecule has 7 nitrogen and oxygen atoms in total. The van der Waals surface area contributed by atoms with E-state index in [0.717, 1.165) is 11.3 Å². The number of para-hydroxylation sites is 1. The van der Waals surface area contributed by atoms with Crippen LogP contribution in [0.25, 0.3) is 0 Å². The number of nitrogens with one attached hydrogen (secondary N) is 1. The molecule has 0 radical (unpaired) electrons. The van der Waals surface area contributed by atoms with E-state index in [4.69, 9.17) is 14.2 Å². The normalized spacial score (nSPS) is 12.5. The summed E-state index contributed by atoms with van der Waals surface area (Å²) in [5.74, 6) is 1.48. The van der Waals surface area contributed by atoms with Crippen LogP contribution < -0.4 is 24.4 Å². The maximum atomic E-state index is 12.5. The van der Waals surface area contributed by atoms with Gasteiger partial charge in [-0.15, -0.1) is 0 Å². The maximum Gasteiger partial charge on any atom is 0.265 e. The highest BCUT2D eigenvalue weighted by Gasteiger charge is 2.26. The number of carbonyl (C=O) groups excluding carboxylic acids is 2. The Hall–Kier alpha value is -4.00. The first-order chi connectivity index (χ1) is 15.6. The quantitative estimate of drug-likeness (QED) is 0.586. The molecule has 0 unspecified atom stereocenters. The monoisotopic (exact) mass is 432 g/mol. The maximum absolute atomic E-state index is 12.5. The van der Waals surface area contributed by atoms with Crippen molar-refractivity contribution >= 4 is 23.2 Å². The molecule has 3 aromatic rings. The number of benzene rings is 3. The smallest absolute Gasteiger partial charge is 0.265 e. The van der Waals surface area contributed by atoms with Gasteiger partial charge in [0.15, 0.2) is 13.2 Å². The van der Waals surface area contributed by atoms with Gasteiger partial charge in [-0.25, -0.2) is 0 Å². The van der Waals surface area contributed by atoms with Crippen LogP contribution in [0.5, 0.6) is 17.2 Å². The molecule has 0 spiro atoms. The van der Waals surface area contributed by atoms with Crippen LogP contribution in [0.3, 0.4) is 0 Å². The van der Waals surface area contributed by atoms with E-state index in [1.165, 1.54) is 0 Å². The molecule has 0 atom stereocenters. The highest BCUT2D eigenvalue weighted by Crippen LogP contribution is 2.34. The summed E-state index contributed by atoms with van der Waals surface area (Å²) in [5.41, 5.74) is 2.29. The Morgan fingerprint density at radius 2 is 1.75 bits per heavy atom. The third-order valence-corrected chi connectivity index (χ3v) is 4.90. The van der Waals surface area contributed by atoms with Crippen molar-refractivity contribution in [2.24, 2.45) is 0 Å². The molecule has 0 saturated carbocycles. The Bertz CT molecular complexity index is 1080. The highest BCUT2D eigenvalue weighted by atomic mass is 16.5. The zero-order valence-corrected chi connectivity index (χ0v) is 17.7. The second-order valence-corrected chi connectivity index (χ2v) is 7.33. The standard InChI is InChI=1S/C25H24N2O5/c1-18-7-10-21(11-8-18)30-14-13-27-22-15-19(9-12-23(22)32-17-25(27)29)26-24(28)16-31-20-5-3-2-4-6-20/h2-12,15H,13-14,16-17H2,1H3,(H,26,28). The SMILES string of the molecule is Cc1ccc(OCCN2C(=O)COc3ccc(NC(=O)COc4ccccc4)cc32)cc1. The van der Waals surface area contributed by atoms with Crippen LogP contribution in [0.15, 0.2) is 72.8 Å². The van der Waals surface area contributed by atoms with Crippen molar-refractivity contribution in [3.8, 4) is 17.2 Å². The predicted octanol–water partition coefficient (Wildman–Crippen LogP) is 3.82. The van der Waals surface area contributed by atoms with E-state index in [2.05, 4.69) is 5.32 Å². The molecule has 1 N–H and O–H groups in total. The lowest BCUT2D eigenvalue weighted by Crippen LogP contribution is -2.41. The average Bonchev–Trinajstić information content (AvgIpc) is 2.81. The second-order valence-electron chi connectivity index (χ2n) is 7.33. The second kappa shape index (κ2) is 9.87. The summed E-state index contributed by atoms with van der Waals surface area (Å²) in [6, 6.07) is 22.1. The topological polar surface area (TPSA) is 77.1 Å². The van der Waals surface area contributed by atoms with E-state index in [-0.39, 0.29) is 25.0 Å². The van der Waals surface area contributed by atoms with E-state index in [1.807, 2.05) is 49.4 Å². The van der Waals surface area contributed by atoms with Crippen molar-refractivity contribution in [1.82, 2.24) is 0 Å². The number of anilines is 2. The molecule has 2 amide bonds. The summed E-state index contributed by atoms with van der Waals surface area (Å²) in [6.07, 6.45) is 0. The van der Waals surface area contributed by atoms with Gasteiger partial charge in [-0.1, -0.05) is 35.9 Å². The third kappa shape index (κ3) is 5.37. The minimum atomic E-state index is -0.300. The molecule has 7 heteroatoms. The number of amides is 2. The van der Waals surface area contributed by atoms with Crippen LogP contribution in [-0.4, -0.2) is 38.2 Å². The van der Waals surface area contributed by atoms with E-state index in [9.17, 15) is 9.59 Å². The van der Waals surface area contributed by atoms with Gasteiger partial charge >= 0.3 is 0 Å². The van der Waals surface area contributed by atoms with Gasteiger partial charge in [-0.2, -0.15) is 0 Å². The number of fused-ring (bicyclic) bond motifs is 1. The zero-order valence-electron chi connectivity index (χ0n) is 17.7. The molecule has 32 heavy (non-hydrogen) atoms. The molecule has 1 aliphatic rings. The lowest BCUT2D eigenvalue weighted by Gasteiger charge is -2.29. The van der Waals surface area contributed by atoms with Crippen LogP contribution in [0.1, 0.15) is 5.56 Å². The number of hydrogen-bond acceptors (Lipinski definition) is 5. The summed E-state index contributed by atoms with van der Waals surface area (Å²) in [4.78, 5) is 26.4. The third-order valence-electron chi connectivity index (χ3n) is 4.90. The molecule has 0 saturated heterocycles. The average molecular weight is 432 g/mol. The van der Waals surface area contributed by atoms with E-state index in [0.29, 0.717) is 36.0 Å². The van der Waals surface area contributed by atoms with Crippen molar-refractivity contribution in [2.45, 2.75) is 6.92 Å². The molecular formula is C25H24N2O5. The first-order valence-corrected chi connectivity index (χ1v) is 10.3. The van der Waals surface area contributed by atoms with E-state index < -0.39 is 0 Å². The summed E-state index contributed by atoms with van der Waals surface area (Å²) < 4.78 is 16.8. The summed E-state index contributed by atoms with van der Waals surface area (Å²) in [6.45, 7) is 2.55. The molecule has 0 fully saturated rings. The summed E-state index contributed by atoms with van der Waals surface area (Å²) >= 11 is 0. The lowest BCUT2D eigenvalue weighted by molar-refractivity contribution is -0.121. The van der Waals surface area contributed by atoms with Gasteiger partial charge in [0.25, 0.3) is 11.8 Å². The van der Waals surface area contributed by atoms with Crippen molar-refractivity contribution in [1.29, 1.82) is 0 Å². The van der Waals surface area contributed by atoms with Crippen LogP contribution in [0.2, 0.25) is 0 Å². The Morgan fingerprint density at radius 3 is 2.53 bits per heavy atom. The van der Waals surface area contributed by atoms with Crippen LogP contribution in [-0.2, 0) is 9.59 Å².